The van der Waals surface area contributed by atoms with E-state index in [0.717, 1.165) is 30.9 Å². The van der Waals surface area contributed by atoms with Crippen LogP contribution in [0.4, 0.5) is 5.69 Å². The van der Waals surface area contributed by atoms with Gasteiger partial charge in [-0.25, -0.2) is 4.99 Å². The highest BCUT2D eigenvalue weighted by Gasteiger charge is 1.94. The van der Waals surface area contributed by atoms with E-state index in [1.165, 1.54) is 0 Å². The van der Waals surface area contributed by atoms with Crippen LogP contribution in [0.1, 0.15) is 26.7 Å². The highest BCUT2D eigenvalue weighted by atomic mass is 16.5. The molecule has 0 amide bonds. The molecule has 82 valence electrons. The second-order valence-electron chi connectivity index (χ2n) is 3.30. The van der Waals surface area contributed by atoms with Crippen LogP contribution in [0.2, 0.25) is 0 Å². The summed E-state index contributed by atoms with van der Waals surface area (Å²) < 4.78 is 5.46. The lowest BCUT2D eigenvalue weighted by Crippen LogP contribution is -2.08. The molecule has 0 aromatic heterocycles. The van der Waals surface area contributed by atoms with E-state index in [9.17, 15) is 0 Å². The molecule has 2 N–H and O–H groups in total. The molecule has 0 bridgehead atoms. The number of aliphatic imine (C=N–C) groups is 1. The quantitative estimate of drug-likeness (QED) is 0.594. The van der Waals surface area contributed by atoms with Crippen molar-refractivity contribution in [1.82, 2.24) is 0 Å². The molecule has 0 aliphatic carbocycles. The Morgan fingerprint density at radius 2 is 1.93 bits per heavy atom. The zero-order valence-electron chi connectivity index (χ0n) is 9.36. The number of rotatable bonds is 5. The third-order valence-electron chi connectivity index (χ3n) is 1.94. The lowest BCUT2D eigenvalue weighted by Gasteiger charge is -2.04. The molecular weight excluding hydrogens is 188 g/mol. The van der Waals surface area contributed by atoms with E-state index in [2.05, 4.69) is 11.9 Å². The van der Waals surface area contributed by atoms with Crippen LogP contribution in [0.25, 0.3) is 0 Å². The first-order valence-corrected chi connectivity index (χ1v) is 5.32. The maximum Gasteiger partial charge on any atom is 0.119 e. The molecule has 1 rings (SSSR count). The number of nitrogens with two attached hydrogens (primary N) is 1. The summed E-state index contributed by atoms with van der Waals surface area (Å²) in [7, 11) is 0. The number of benzene rings is 1. The summed E-state index contributed by atoms with van der Waals surface area (Å²) in [5.74, 6) is 1.53. The lowest BCUT2D eigenvalue weighted by molar-refractivity contribution is 0.317. The Hall–Kier alpha value is -1.51. The van der Waals surface area contributed by atoms with Crippen molar-refractivity contribution in [2.45, 2.75) is 26.7 Å². The van der Waals surface area contributed by atoms with Crippen LogP contribution in [-0.2, 0) is 0 Å². The fourth-order valence-electron chi connectivity index (χ4n) is 1.08. The van der Waals surface area contributed by atoms with Crippen LogP contribution in [0.15, 0.2) is 29.3 Å². The highest BCUT2D eigenvalue weighted by Crippen LogP contribution is 2.18. The van der Waals surface area contributed by atoms with Gasteiger partial charge in [0.25, 0.3) is 0 Å². The van der Waals surface area contributed by atoms with E-state index in [-0.39, 0.29) is 0 Å². The van der Waals surface area contributed by atoms with Crippen molar-refractivity contribution in [1.29, 1.82) is 0 Å². The molecule has 3 heteroatoms. The van der Waals surface area contributed by atoms with E-state index >= 15 is 0 Å². The Balaban J connectivity index is 2.64. The van der Waals surface area contributed by atoms with E-state index in [1.807, 2.05) is 31.2 Å². The average molecular weight is 206 g/mol. The summed E-state index contributed by atoms with van der Waals surface area (Å²) in [6, 6.07) is 7.65. The van der Waals surface area contributed by atoms with Crippen molar-refractivity contribution in [3.63, 3.8) is 0 Å². The highest BCUT2D eigenvalue weighted by molar-refractivity contribution is 5.82. The number of hydrogen-bond donors (Lipinski definition) is 1. The van der Waals surface area contributed by atoms with Gasteiger partial charge in [-0.2, -0.15) is 0 Å². The van der Waals surface area contributed by atoms with Crippen LogP contribution in [-0.4, -0.2) is 12.4 Å². The Morgan fingerprint density at radius 1 is 1.27 bits per heavy atom. The zero-order valence-corrected chi connectivity index (χ0v) is 9.36. The van der Waals surface area contributed by atoms with E-state index in [0.29, 0.717) is 5.84 Å². The molecule has 0 aliphatic rings. The van der Waals surface area contributed by atoms with Gasteiger partial charge in [0.05, 0.1) is 18.1 Å². The number of nitrogens with zero attached hydrogens (tertiary/aromatic N) is 1. The molecule has 1 aromatic carbocycles. The smallest absolute Gasteiger partial charge is 0.119 e. The van der Waals surface area contributed by atoms with Crippen molar-refractivity contribution >= 4 is 11.5 Å². The molecule has 3 nitrogen and oxygen atoms in total. The molecule has 1 aromatic rings. The van der Waals surface area contributed by atoms with E-state index in [4.69, 9.17) is 10.5 Å². The minimum atomic E-state index is 0.650. The standard InChI is InChI=1S/C12H18N2O/c1-3-9-15-11-7-5-10(6-8-11)14-12(13)4-2/h5-8H,3-4,9H2,1-2H3,(H2,13,14). The topological polar surface area (TPSA) is 47.6 Å². The van der Waals surface area contributed by atoms with Crippen molar-refractivity contribution < 1.29 is 4.74 Å². The summed E-state index contributed by atoms with van der Waals surface area (Å²) in [5, 5.41) is 0. The molecular formula is C12H18N2O. The molecule has 0 aliphatic heterocycles. The predicted octanol–water partition coefficient (Wildman–Crippen LogP) is 2.87. The second-order valence-corrected chi connectivity index (χ2v) is 3.30. The summed E-state index contributed by atoms with van der Waals surface area (Å²) in [4.78, 5) is 4.24. The number of amidine groups is 1. The van der Waals surface area contributed by atoms with Crippen LogP contribution in [0, 0.1) is 0 Å². The van der Waals surface area contributed by atoms with Crippen molar-refractivity contribution in [3.8, 4) is 5.75 Å². The fraction of sp³-hybridized carbons (Fsp3) is 0.417. The van der Waals surface area contributed by atoms with Gasteiger partial charge in [-0.3, -0.25) is 0 Å². The van der Waals surface area contributed by atoms with E-state index < -0.39 is 0 Å². The number of ether oxygens (including phenoxy) is 1. The fourth-order valence-corrected chi connectivity index (χ4v) is 1.08. The molecule has 0 heterocycles. The average Bonchev–Trinajstić information content (AvgIpc) is 2.28. The molecule has 0 saturated heterocycles. The maximum absolute atomic E-state index is 5.64. The van der Waals surface area contributed by atoms with Gasteiger partial charge < -0.3 is 10.5 Å². The molecule has 15 heavy (non-hydrogen) atoms. The summed E-state index contributed by atoms with van der Waals surface area (Å²) in [5.41, 5.74) is 6.52. The van der Waals surface area contributed by atoms with Crippen molar-refractivity contribution in [2.75, 3.05) is 6.61 Å². The Labute approximate surface area is 91.0 Å². The van der Waals surface area contributed by atoms with Crippen LogP contribution < -0.4 is 10.5 Å². The molecule has 0 spiro atoms. The first kappa shape index (κ1) is 11.6. The lowest BCUT2D eigenvalue weighted by atomic mass is 10.3. The second kappa shape index (κ2) is 6.06. The number of hydrogen-bond acceptors (Lipinski definition) is 2. The van der Waals surface area contributed by atoms with Crippen molar-refractivity contribution in [2.24, 2.45) is 10.7 Å². The van der Waals surface area contributed by atoms with Gasteiger partial charge in [0.15, 0.2) is 0 Å². The third-order valence-corrected chi connectivity index (χ3v) is 1.94. The normalized spacial score (nSPS) is 11.5. The van der Waals surface area contributed by atoms with Crippen LogP contribution in [0.5, 0.6) is 5.75 Å². The van der Waals surface area contributed by atoms with Gasteiger partial charge in [0.1, 0.15) is 5.75 Å². The minimum absolute atomic E-state index is 0.650. The van der Waals surface area contributed by atoms with Gasteiger partial charge in [-0.05, 0) is 30.7 Å². The Morgan fingerprint density at radius 3 is 2.47 bits per heavy atom. The first-order chi connectivity index (χ1) is 7.26. The molecule has 0 radical (unpaired) electrons. The van der Waals surface area contributed by atoms with Crippen LogP contribution >= 0.6 is 0 Å². The third kappa shape index (κ3) is 4.02. The largest absolute Gasteiger partial charge is 0.494 e. The van der Waals surface area contributed by atoms with E-state index in [1.54, 1.807) is 0 Å². The first-order valence-electron chi connectivity index (χ1n) is 5.32. The summed E-state index contributed by atoms with van der Waals surface area (Å²) in [6.07, 6.45) is 1.79. The maximum atomic E-state index is 5.64. The Bertz CT molecular complexity index is 317. The molecule has 0 atom stereocenters. The zero-order chi connectivity index (χ0) is 11.1. The van der Waals surface area contributed by atoms with Gasteiger partial charge in [0, 0.05) is 6.42 Å². The summed E-state index contributed by atoms with van der Waals surface area (Å²) >= 11 is 0. The molecule has 0 saturated carbocycles. The SMILES string of the molecule is CCCOc1ccc(N=C(N)CC)cc1. The molecule has 0 fully saturated rings. The summed E-state index contributed by atoms with van der Waals surface area (Å²) in [6.45, 7) is 4.82. The van der Waals surface area contributed by atoms with Crippen LogP contribution in [0.3, 0.4) is 0 Å². The van der Waals surface area contributed by atoms with Gasteiger partial charge in [-0.1, -0.05) is 13.8 Å². The Kier molecular flexibility index (Phi) is 4.68. The van der Waals surface area contributed by atoms with Gasteiger partial charge in [-0.15, -0.1) is 0 Å². The predicted molar refractivity (Wildman–Crippen MR) is 63.8 cm³/mol. The van der Waals surface area contributed by atoms with Gasteiger partial charge in [0.2, 0.25) is 0 Å². The van der Waals surface area contributed by atoms with Crippen molar-refractivity contribution in [3.05, 3.63) is 24.3 Å². The van der Waals surface area contributed by atoms with Gasteiger partial charge >= 0.3 is 0 Å². The monoisotopic (exact) mass is 206 g/mol. The minimum Gasteiger partial charge on any atom is -0.494 e. The molecule has 0 unspecified atom stereocenters.